The first-order chi connectivity index (χ1) is 12.9. The third-order valence-corrected chi connectivity index (χ3v) is 4.07. The van der Waals surface area contributed by atoms with Gasteiger partial charge >= 0.3 is 0 Å². The zero-order valence-corrected chi connectivity index (χ0v) is 15.3. The molecule has 27 heavy (non-hydrogen) atoms. The van der Waals surface area contributed by atoms with Crippen molar-refractivity contribution in [3.05, 3.63) is 84.1 Å². The SMILES string of the molecule is Cc1cccc(NC(=O)c2cccc(N(N)/C=C(\N)c3cncn3C)c2)c1. The number of nitrogens with zero attached hydrogens (tertiary/aromatic N) is 3. The van der Waals surface area contributed by atoms with Crippen LogP contribution in [0.1, 0.15) is 21.6 Å². The van der Waals surface area contributed by atoms with E-state index < -0.39 is 0 Å². The molecule has 0 aliphatic rings. The van der Waals surface area contributed by atoms with Crippen molar-refractivity contribution in [3.63, 3.8) is 0 Å². The van der Waals surface area contributed by atoms with Crippen LogP contribution in [-0.4, -0.2) is 15.5 Å². The lowest BCUT2D eigenvalue weighted by Crippen LogP contribution is -2.26. The Balaban J connectivity index is 1.78. The Morgan fingerprint density at radius 3 is 2.70 bits per heavy atom. The van der Waals surface area contributed by atoms with Crippen LogP contribution in [0.2, 0.25) is 0 Å². The summed E-state index contributed by atoms with van der Waals surface area (Å²) in [6, 6.07) is 14.6. The van der Waals surface area contributed by atoms with Crippen molar-refractivity contribution in [2.24, 2.45) is 18.6 Å². The molecule has 0 aliphatic heterocycles. The first-order valence-corrected chi connectivity index (χ1v) is 8.40. The minimum atomic E-state index is -0.209. The molecule has 5 N–H and O–H groups in total. The third-order valence-electron chi connectivity index (χ3n) is 4.07. The van der Waals surface area contributed by atoms with Gasteiger partial charge in [0.15, 0.2) is 0 Å². The van der Waals surface area contributed by atoms with Gasteiger partial charge in [0.25, 0.3) is 5.91 Å². The van der Waals surface area contributed by atoms with Crippen molar-refractivity contribution >= 4 is 23.0 Å². The third kappa shape index (κ3) is 4.34. The second-order valence-corrected chi connectivity index (χ2v) is 6.26. The number of rotatable bonds is 5. The molecule has 3 aromatic rings. The van der Waals surface area contributed by atoms with Gasteiger partial charge in [-0.05, 0) is 42.8 Å². The molecule has 0 saturated heterocycles. The van der Waals surface area contributed by atoms with Gasteiger partial charge in [0.05, 0.1) is 29.6 Å². The smallest absolute Gasteiger partial charge is 0.255 e. The van der Waals surface area contributed by atoms with Crippen LogP contribution in [0.5, 0.6) is 0 Å². The second-order valence-electron chi connectivity index (χ2n) is 6.26. The first kappa shape index (κ1) is 18.2. The number of carbonyl (C=O) groups excluding carboxylic acids is 1. The van der Waals surface area contributed by atoms with Gasteiger partial charge in [-0.25, -0.2) is 10.8 Å². The molecular formula is C20H22N6O. The van der Waals surface area contributed by atoms with Gasteiger partial charge in [-0.2, -0.15) is 0 Å². The van der Waals surface area contributed by atoms with Crippen LogP contribution in [0, 0.1) is 6.92 Å². The van der Waals surface area contributed by atoms with E-state index in [1.807, 2.05) is 38.2 Å². The van der Waals surface area contributed by atoms with Crippen molar-refractivity contribution in [3.8, 4) is 0 Å². The Hall–Kier alpha value is -3.58. The minimum Gasteiger partial charge on any atom is -0.396 e. The number of imidazole rings is 1. The highest BCUT2D eigenvalue weighted by Gasteiger charge is 2.10. The molecule has 138 valence electrons. The maximum atomic E-state index is 12.5. The minimum absolute atomic E-state index is 0.209. The van der Waals surface area contributed by atoms with E-state index in [1.165, 1.54) is 5.01 Å². The van der Waals surface area contributed by atoms with Gasteiger partial charge in [-0.3, -0.25) is 9.80 Å². The summed E-state index contributed by atoms with van der Waals surface area (Å²) in [5, 5.41) is 4.27. The lowest BCUT2D eigenvalue weighted by Gasteiger charge is -2.16. The number of aromatic nitrogens is 2. The van der Waals surface area contributed by atoms with Crippen LogP contribution >= 0.6 is 0 Å². The molecule has 0 atom stereocenters. The zero-order chi connectivity index (χ0) is 19.4. The summed E-state index contributed by atoms with van der Waals surface area (Å²) < 4.78 is 1.80. The molecule has 0 saturated carbocycles. The predicted octanol–water partition coefficient (Wildman–Crippen LogP) is 2.62. The van der Waals surface area contributed by atoms with Gasteiger partial charge in [0, 0.05) is 24.5 Å². The summed E-state index contributed by atoms with van der Waals surface area (Å²) in [6.45, 7) is 1.97. The normalized spacial score (nSPS) is 11.3. The number of aryl methyl sites for hydroxylation is 2. The van der Waals surface area contributed by atoms with Gasteiger partial charge in [-0.1, -0.05) is 18.2 Å². The van der Waals surface area contributed by atoms with E-state index >= 15 is 0 Å². The molecule has 7 nitrogen and oxygen atoms in total. The number of carbonyl (C=O) groups is 1. The highest BCUT2D eigenvalue weighted by molar-refractivity contribution is 6.04. The van der Waals surface area contributed by atoms with Crippen LogP contribution in [-0.2, 0) is 7.05 Å². The predicted molar refractivity (Wildman–Crippen MR) is 108 cm³/mol. The Labute approximate surface area is 157 Å². The summed E-state index contributed by atoms with van der Waals surface area (Å²) in [6.07, 6.45) is 4.91. The number of nitrogens with two attached hydrogens (primary N) is 2. The molecule has 0 radical (unpaired) electrons. The average Bonchev–Trinajstić information content (AvgIpc) is 3.08. The molecule has 1 aromatic heterocycles. The van der Waals surface area contributed by atoms with E-state index in [9.17, 15) is 4.79 Å². The Kier molecular flexibility index (Phi) is 5.23. The molecule has 0 bridgehead atoms. The maximum absolute atomic E-state index is 12.5. The largest absolute Gasteiger partial charge is 0.396 e. The van der Waals surface area contributed by atoms with Crippen molar-refractivity contribution in [2.45, 2.75) is 6.92 Å². The summed E-state index contributed by atoms with van der Waals surface area (Å²) in [4.78, 5) is 16.6. The highest BCUT2D eigenvalue weighted by atomic mass is 16.1. The Morgan fingerprint density at radius 1 is 1.22 bits per heavy atom. The molecule has 0 spiro atoms. The summed E-state index contributed by atoms with van der Waals surface area (Å²) in [5.74, 6) is 5.90. The Morgan fingerprint density at radius 2 is 2.00 bits per heavy atom. The highest BCUT2D eigenvalue weighted by Crippen LogP contribution is 2.18. The maximum Gasteiger partial charge on any atom is 0.255 e. The molecule has 0 aliphatic carbocycles. The fourth-order valence-corrected chi connectivity index (χ4v) is 2.66. The standard InChI is InChI=1S/C20H22N6O/c1-14-5-3-7-16(9-14)24-20(27)15-6-4-8-17(10-15)26(22)12-18(21)19-11-23-13-25(19)2/h3-13H,21-22H2,1-2H3,(H,24,27)/b18-12-. The van der Waals surface area contributed by atoms with Crippen LogP contribution in [0.25, 0.3) is 5.70 Å². The molecule has 2 aromatic carbocycles. The lowest BCUT2D eigenvalue weighted by molar-refractivity contribution is 0.102. The number of nitrogens with one attached hydrogen (secondary N) is 1. The second kappa shape index (κ2) is 7.76. The molecule has 0 unspecified atom stereocenters. The molecule has 1 amide bonds. The fourth-order valence-electron chi connectivity index (χ4n) is 2.66. The first-order valence-electron chi connectivity index (χ1n) is 8.40. The molecule has 0 fully saturated rings. The quantitative estimate of drug-likeness (QED) is 0.478. The molecule has 3 rings (SSSR count). The summed E-state index contributed by atoms with van der Waals surface area (Å²) >= 11 is 0. The van der Waals surface area contributed by atoms with Crippen LogP contribution in [0.3, 0.4) is 0 Å². The monoisotopic (exact) mass is 362 g/mol. The van der Waals surface area contributed by atoms with Crippen LogP contribution < -0.4 is 21.9 Å². The number of hydrogen-bond acceptors (Lipinski definition) is 5. The number of hydrogen-bond donors (Lipinski definition) is 3. The van der Waals surface area contributed by atoms with E-state index in [1.54, 1.807) is 47.6 Å². The summed E-state index contributed by atoms with van der Waals surface area (Å²) in [7, 11) is 1.85. The van der Waals surface area contributed by atoms with Crippen LogP contribution in [0.15, 0.2) is 67.3 Å². The van der Waals surface area contributed by atoms with E-state index in [-0.39, 0.29) is 5.91 Å². The fraction of sp³-hybridized carbons (Fsp3) is 0.100. The molecular weight excluding hydrogens is 340 g/mol. The van der Waals surface area contributed by atoms with Crippen molar-refractivity contribution in [1.29, 1.82) is 0 Å². The number of amides is 1. The molecule has 7 heteroatoms. The van der Waals surface area contributed by atoms with Gasteiger partial charge in [-0.15, -0.1) is 0 Å². The average molecular weight is 362 g/mol. The van der Waals surface area contributed by atoms with E-state index in [4.69, 9.17) is 11.6 Å². The topological polar surface area (TPSA) is 102 Å². The number of anilines is 2. The Bertz CT molecular complexity index is 991. The van der Waals surface area contributed by atoms with E-state index in [2.05, 4.69) is 10.3 Å². The van der Waals surface area contributed by atoms with Crippen molar-refractivity contribution < 1.29 is 4.79 Å². The van der Waals surface area contributed by atoms with Crippen molar-refractivity contribution in [2.75, 3.05) is 10.3 Å². The number of benzene rings is 2. The van der Waals surface area contributed by atoms with Gasteiger partial charge in [0.1, 0.15) is 0 Å². The van der Waals surface area contributed by atoms with Crippen LogP contribution in [0.4, 0.5) is 11.4 Å². The van der Waals surface area contributed by atoms with Crippen molar-refractivity contribution in [1.82, 2.24) is 9.55 Å². The lowest BCUT2D eigenvalue weighted by atomic mass is 10.1. The zero-order valence-electron chi connectivity index (χ0n) is 15.3. The van der Waals surface area contributed by atoms with Gasteiger partial charge in [0.2, 0.25) is 0 Å². The van der Waals surface area contributed by atoms with E-state index in [0.717, 1.165) is 16.9 Å². The van der Waals surface area contributed by atoms with Gasteiger partial charge < -0.3 is 15.6 Å². The molecule has 1 heterocycles. The van der Waals surface area contributed by atoms with E-state index in [0.29, 0.717) is 16.9 Å². The summed E-state index contributed by atoms with van der Waals surface area (Å²) in [5.41, 5.74) is 10.3. The number of hydrazine groups is 1.